The molecule has 0 saturated heterocycles. The Balaban J connectivity index is 2.43. The molecule has 0 aromatic heterocycles. The molecular weight excluding hydrogens is 238 g/mol. The number of aliphatic hydroxyl groups excluding tert-OH is 1. The molecule has 1 N–H and O–H groups in total. The lowest BCUT2D eigenvalue weighted by Gasteiger charge is -2.16. The lowest BCUT2D eigenvalue weighted by atomic mass is 10.0. The van der Waals surface area contributed by atoms with E-state index in [0.29, 0.717) is 12.5 Å². The van der Waals surface area contributed by atoms with Gasteiger partial charge >= 0.3 is 0 Å². The smallest absolute Gasteiger partial charge is 0.224 e. The quantitative estimate of drug-likeness (QED) is 0.820. The summed E-state index contributed by atoms with van der Waals surface area (Å²) in [7, 11) is 1.78. The number of hydrogen-bond acceptors (Lipinski definition) is 2. The number of nitrogens with zero attached hydrogens (tertiary/aromatic N) is 1. The van der Waals surface area contributed by atoms with Gasteiger partial charge in [-0.1, -0.05) is 38.1 Å². The van der Waals surface area contributed by atoms with Gasteiger partial charge in [0.1, 0.15) is 0 Å². The van der Waals surface area contributed by atoms with E-state index in [0.717, 1.165) is 12.8 Å². The summed E-state index contributed by atoms with van der Waals surface area (Å²) in [6.45, 7) is 5.06. The molecule has 0 radical (unpaired) electrons. The van der Waals surface area contributed by atoms with Gasteiger partial charge in [-0.15, -0.1) is 0 Å². The fourth-order valence-electron chi connectivity index (χ4n) is 2.02. The van der Waals surface area contributed by atoms with Crippen molar-refractivity contribution in [1.82, 2.24) is 4.90 Å². The summed E-state index contributed by atoms with van der Waals surface area (Å²) < 4.78 is 0. The molecule has 0 saturated carbocycles. The Bertz CT molecular complexity index is 384. The second kappa shape index (κ2) is 7.95. The van der Waals surface area contributed by atoms with Crippen molar-refractivity contribution in [2.45, 2.75) is 33.1 Å². The first-order valence-electron chi connectivity index (χ1n) is 6.95. The highest BCUT2D eigenvalue weighted by molar-refractivity contribution is 5.75. The van der Waals surface area contributed by atoms with Crippen LogP contribution in [0.15, 0.2) is 24.3 Å². The first-order valence-corrected chi connectivity index (χ1v) is 6.95. The van der Waals surface area contributed by atoms with Gasteiger partial charge in [0.25, 0.3) is 0 Å². The van der Waals surface area contributed by atoms with Crippen LogP contribution in [-0.2, 0) is 17.6 Å². The van der Waals surface area contributed by atoms with E-state index >= 15 is 0 Å². The van der Waals surface area contributed by atoms with Crippen molar-refractivity contribution in [2.24, 2.45) is 5.92 Å². The number of rotatable bonds is 7. The van der Waals surface area contributed by atoms with Gasteiger partial charge in [-0.25, -0.2) is 0 Å². The number of likely N-dealkylation sites (N-methyl/N-ethyl adjacent to an activating group) is 1. The molecule has 1 rings (SSSR count). The van der Waals surface area contributed by atoms with E-state index in [2.05, 4.69) is 38.1 Å². The van der Waals surface area contributed by atoms with Crippen LogP contribution in [0.25, 0.3) is 0 Å². The number of benzene rings is 1. The first-order chi connectivity index (χ1) is 9.02. The fourth-order valence-corrected chi connectivity index (χ4v) is 2.02. The normalized spacial score (nSPS) is 10.8. The van der Waals surface area contributed by atoms with Gasteiger partial charge in [-0.2, -0.15) is 0 Å². The SMILES string of the molecule is CC(C)Cc1ccc(CCN(C)C(=O)CCO)cc1. The predicted octanol–water partition coefficient (Wildman–Crippen LogP) is 2.27. The molecule has 0 aliphatic carbocycles. The number of aliphatic hydroxyl groups is 1. The third-order valence-electron chi connectivity index (χ3n) is 3.15. The molecule has 106 valence electrons. The molecule has 0 heterocycles. The zero-order valence-corrected chi connectivity index (χ0v) is 12.2. The van der Waals surface area contributed by atoms with Crippen molar-refractivity contribution in [3.05, 3.63) is 35.4 Å². The van der Waals surface area contributed by atoms with Gasteiger partial charge in [0.2, 0.25) is 5.91 Å². The van der Waals surface area contributed by atoms with E-state index in [1.165, 1.54) is 11.1 Å². The highest BCUT2D eigenvalue weighted by Crippen LogP contribution is 2.10. The van der Waals surface area contributed by atoms with Crippen LogP contribution in [0.4, 0.5) is 0 Å². The molecule has 0 aliphatic heterocycles. The van der Waals surface area contributed by atoms with E-state index in [9.17, 15) is 4.79 Å². The van der Waals surface area contributed by atoms with E-state index in [1.807, 2.05) is 0 Å². The topological polar surface area (TPSA) is 40.5 Å². The van der Waals surface area contributed by atoms with Crippen LogP contribution in [0.2, 0.25) is 0 Å². The van der Waals surface area contributed by atoms with Crippen molar-refractivity contribution >= 4 is 5.91 Å². The van der Waals surface area contributed by atoms with Crippen LogP contribution >= 0.6 is 0 Å². The molecule has 0 fully saturated rings. The maximum Gasteiger partial charge on any atom is 0.224 e. The van der Waals surface area contributed by atoms with Crippen molar-refractivity contribution in [3.63, 3.8) is 0 Å². The van der Waals surface area contributed by atoms with E-state index in [4.69, 9.17) is 5.11 Å². The summed E-state index contributed by atoms with van der Waals surface area (Å²) in [4.78, 5) is 13.2. The summed E-state index contributed by atoms with van der Waals surface area (Å²) in [6, 6.07) is 8.62. The van der Waals surface area contributed by atoms with Gasteiger partial charge in [0, 0.05) is 20.0 Å². The molecule has 3 heteroatoms. The average molecular weight is 263 g/mol. The molecule has 19 heavy (non-hydrogen) atoms. The van der Waals surface area contributed by atoms with Crippen LogP contribution in [-0.4, -0.2) is 36.1 Å². The summed E-state index contributed by atoms with van der Waals surface area (Å²) >= 11 is 0. The lowest BCUT2D eigenvalue weighted by molar-refractivity contribution is -0.130. The standard InChI is InChI=1S/C16H25NO2/c1-13(2)12-15-6-4-14(5-7-15)8-10-17(3)16(19)9-11-18/h4-7,13,18H,8-12H2,1-3H3. The number of hydrogen-bond donors (Lipinski definition) is 1. The molecule has 0 aliphatic rings. The number of amides is 1. The van der Waals surface area contributed by atoms with Crippen molar-refractivity contribution < 1.29 is 9.90 Å². The largest absolute Gasteiger partial charge is 0.396 e. The van der Waals surface area contributed by atoms with Crippen molar-refractivity contribution in [2.75, 3.05) is 20.2 Å². The Kier molecular flexibility index (Phi) is 6.57. The Morgan fingerprint density at radius 3 is 2.32 bits per heavy atom. The van der Waals surface area contributed by atoms with Gasteiger partial charge in [-0.3, -0.25) is 4.79 Å². The first kappa shape index (κ1) is 15.7. The molecule has 0 bridgehead atoms. The summed E-state index contributed by atoms with van der Waals surface area (Å²) in [5.74, 6) is 0.673. The zero-order chi connectivity index (χ0) is 14.3. The minimum Gasteiger partial charge on any atom is -0.396 e. The minimum absolute atomic E-state index is 0.000993. The fraction of sp³-hybridized carbons (Fsp3) is 0.562. The number of carbonyl (C=O) groups excluding carboxylic acids is 1. The maximum atomic E-state index is 11.5. The monoisotopic (exact) mass is 263 g/mol. The molecule has 0 atom stereocenters. The van der Waals surface area contributed by atoms with Crippen LogP contribution in [0.1, 0.15) is 31.4 Å². The third kappa shape index (κ3) is 5.88. The molecule has 1 aromatic carbocycles. The molecule has 0 unspecified atom stereocenters. The van der Waals surface area contributed by atoms with Crippen LogP contribution in [0.3, 0.4) is 0 Å². The summed E-state index contributed by atoms with van der Waals surface area (Å²) in [6.07, 6.45) is 2.18. The van der Waals surface area contributed by atoms with Gasteiger partial charge < -0.3 is 10.0 Å². The van der Waals surface area contributed by atoms with Crippen LogP contribution < -0.4 is 0 Å². The van der Waals surface area contributed by atoms with Crippen LogP contribution in [0.5, 0.6) is 0 Å². The molecule has 1 aromatic rings. The van der Waals surface area contributed by atoms with E-state index in [-0.39, 0.29) is 18.9 Å². The highest BCUT2D eigenvalue weighted by atomic mass is 16.3. The van der Waals surface area contributed by atoms with Crippen molar-refractivity contribution in [1.29, 1.82) is 0 Å². The van der Waals surface area contributed by atoms with Gasteiger partial charge in [-0.05, 0) is 29.9 Å². The Morgan fingerprint density at radius 2 is 1.79 bits per heavy atom. The second-order valence-electron chi connectivity index (χ2n) is 5.45. The minimum atomic E-state index is -0.0763. The van der Waals surface area contributed by atoms with Gasteiger partial charge in [0.05, 0.1) is 6.61 Å². The lowest BCUT2D eigenvalue weighted by Crippen LogP contribution is -2.29. The summed E-state index contributed by atoms with van der Waals surface area (Å²) in [5, 5.41) is 8.73. The second-order valence-corrected chi connectivity index (χ2v) is 5.45. The Hall–Kier alpha value is -1.35. The van der Waals surface area contributed by atoms with Gasteiger partial charge in [0.15, 0.2) is 0 Å². The zero-order valence-electron chi connectivity index (χ0n) is 12.2. The third-order valence-corrected chi connectivity index (χ3v) is 3.15. The predicted molar refractivity (Wildman–Crippen MR) is 78.0 cm³/mol. The summed E-state index contributed by atoms with van der Waals surface area (Å²) in [5.41, 5.74) is 2.61. The van der Waals surface area contributed by atoms with Crippen molar-refractivity contribution in [3.8, 4) is 0 Å². The Morgan fingerprint density at radius 1 is 1.21 bits per heavy atom. The number of carbonyl (C=O) groups is 1. The maximum absolute atomic E-state index is 11.5. The average Bonchev–Trinajstić information content (AvgIpc) is 2.37. The molecular formula is C16H25NO2. The highest BCUT2D eigenvalue weighted by Gasteiger charge is 2.07. The van der Waals surface area contributed by atoms with E-state index < -0.39 is 0 Å². The molecule has 3 nitrogen and oxygen atoms in total. The molecule has 0 spiro atoms. The van der Waals surface area contributed by atoms with Crippen LogP contribution in [0, 0.1) is 5.92 Å². The Labute approximate surface area is 116 Å². The van der Waals surface area contributed by atoms with E-state index in [1.54, 1.807) is 11.9 Å². The molecule has 1 amide bonds.